The summed E-state index contributed by atoms with van der Waals surface area (Å²) < 4.78 is 47.5. The molecule has 0 rings (SSSR count). The van der Waals surface area contributed by atoms with Gasteiger partial charge in [0, 0.05) is 39.1 Å². The van der Waals surface area contributed by atoms with Gasteiger partial charge in [-0.25, -0.2) is 8.42 Å². The molecule has 0 radical (unpaired) electrons. The number of hydrogen-bond donors (Lipinski definition) is 0. The summed E-state index contributed by atoms with van der Waals surface area (Å²) in [6.45, 7) is 4.78. The van der Waals surface area contributed by atoms with Crippen LogP contribution in [0.15, 0.2) is 0 Å². The summed E-state index contributed by atoms with van der Waals surface area (Å²) >= 11 is 0. The van der Waals surface area contributed by atoms with E-state index in [1.807, 2.05) is 0 Å². The van der Waals surface area contributed by atoms with Crippen LogP contribution in [-0.4, -0.2) is 62.6 Å². The van der Waals surface area contributed by atoms with Gasteiger partial charge in [0.2, 0.25) is 5.91 Å². The Morgan fingerprint density at radius 3 is 2.21 bits per heavy atom. The van der Waals surface area contributed by atoms with Crippen molar-refractivity contribution in [2.45, 2.75) is 13.3 Å². The first-order valence-corrected chi connectivity index (χ1v) is 9.49. The fourth-order valence-electron chi connectivity index (χ4n) is 1.23. The van der Waals surface area contributed by atoms with Crippen LogP contribution in [0.1, 0.15) is 13.3 Å². The van der Waals surface area contributed by atoms with Crippen LogP contribution in [0.2, 0.25) is 0 Å². The third kappa shape index (κ3) is 14.8. The van der Waals surface area contributed by atoms with Crippen LogP contribution < -0.4 is 29.6 Å². The van der Waals surface area contributed by atoms with Crippen molar-refractivity contribution in [2.75, 3.05) is 38.8 Å². The molecule has 0 heterocycles. The Kier molecular flexibility index (Phi) is 10.9. The summed E-state index contributed by atoms with van der Waals surface area (Å²) in [5.41, 5.74) is 0. The zero-order valence-corrected chi connectivity index (χ0v) is 15.5. The van der Waals surface area contributed by atoms with Crippen LogP contribution in [0.4, 0.5) is 0 Å². The summed E-state index contributed by atoms with van der Waals surface area (Å²) in [6, 6.07) is 0. The zero-order valence-electron chi connectivity index (χ0n) is 11.8. The average Bonchev–Trinajstić information content (AvgIpc) is 2.11. The van der Waals surface area contributed by atoms with Crippen LogP contribution in [0.5, 0.6) is 0 Å². The van der Waals surface area contributed by atoms with Gasteiger partial charge in [0.1, 0.15) is 0 Å². The van der Waals surface area contributed by atoms with Crippen LogP contribution in [0, 0.1) is 0 Å². The van der Waals surface area contributed by atoms with E-state index >= 15 is 0 Å². The van der Waals surface area contributed by atoms with Crippen molar-refractivity contribution < 1.29 is 56.4 Å². The van der Waals surface area contributed by atoms with Gasteiger partial charge in [-0.05, 0) is 6.42 Å². The smallest absolute Gasteiger partial charge is 0.748 e. The fourth-order valence-corrected chi connectivity index (χ4v) is 2.23. The van der Waals surface area contributed by atoms with Gasteiger partial charge < -0.3 is 14.0 Å². The van der Waals surface area contributed by atoms with E-state index in [0.717, 1.165) is 0 Å². The fraction of sp³-hybridized carbons (Fsp3) is 0.889. The minimum atomic E-state index is -4.25. The maximum Gasteiger partial charge on any atom is 1.00 e. The second-order valence-electron chi connectivity index (χ2n) is 4.21. The van der Waals surface area contributed by atoms with Crippen molar-refractivity contribution in [3.63, 3.8) is 0 Å². The molecule has 0 spiro atoms. The average molecular weight is 323 g/mol. The molecule has 10 heteroatoms. The van der Waals surface area contributed by atoms with Crippen molar-refractivity contribution in [1.82, 2.24) is 4.90 Å². The second kappa shape index (κ2) is 9.50. The van der Waals surface area contributed by atoms with E-state index < -0.39 is 23.2 Å². The molecule has 0 aliphatic heterocycles. The molecule has 0 aromatic rings. The van der Waals surface area contributed by atoms with E-state index in [1.54, 1.807) is 0 Å². The van der Waals surface area contributed by atoms with E-state index in [2.05, 4.69) is 0 Å². The minimum Gasteiger partial charge on any atom is -0.748 e. The predicted molar refractivity (Wildman–Crippen MR) is 66.8 cm³/mol. The number of nitrogens with zero attached hydrogens (tertiary/aromatic N) is 1. The van der Waals surface area contributed by atoms with Gasteiger partial charge >= 0.3 is 29.6 Å². The van der Waals surface area contributed by atoms with Gasteiger partial charge in [-0.15, -0.1) is 0 Å². The molecular formula is C9H19NNaO6PS. The molecule has 0 unspecified atom stereocenters. The van der Waals surface area contributed by atoms with Gasteiger partial charge in [-0.1, -0.05) is 0 Å². The predicted octanol–water partition coefficient (Wildman–Crippen LogP) is -2.67. The molecule has 0 aliphatic rings. The molecule has 1 amide bonds. The topological polar surface area (TPSA) is 104 Å². The number of carbonyl (C=O) groups excluding carboxylic acids is 1. The molecule has 0 aromatic heterocycles. The molecular weight excluding hydrogens is 304 g/mol. The first kappa shape index (κ1) is 21.9. The Bertz CT molecular complexity index is 420. The number of rotatable bonds is 8. The molecule has 0 fully saturated rings. The van der Waals surface area contributed by atoms with E-state index in [0.29, 0.717) is 0 Å². The standard InChI is InChI=1S/C9H20NO6PS.Na/c1-9(11)10(5-4-8-18(13,14)15)6-7-16-17(2,3)12;/h4-8H2,1-3H3,(H,13,14,15);/q;+1/p-1. The van der Waals surface area contributed by atoms with Crippen molar-refractivity contribution in [3.05, 3.63) is 0 Å². The third-order valence-corrected chi connectivity index (χ3v) is 3.62. The quantitative estimate of drug-likeness (QED) is 0.274. The van der Waals surface area contributed by atoms with E-state index in [1.165, 1.54) is 25.2 Å². The van der Waals surface area contributed by atoms with Gasteiger partial charge in [0.05, 0.1) is 16.7 Å². The molecule has 0 saturated heterocycles. The normalized spacial score (nSPS) is 11.8. The Labute approximate surface area is 136 Å². The monoisotopic (exact) mass is 323 g/mol. The zero-order chi connectivity index (χ0) is 14.4. The SMILES string of the molecule is CC(=O)N(CCCS(=O)(=O)[O-])CCOP(C)(C)=O.[Na+]. The Morgan fingerprint density at radius 1 is 1.32 bits per heavy atom. The molecule has 19 heavy (non-hydrogen) atoms. The van der Waals surface area contributed by atoms with Crippen LogP contribution in [0.25, 0.3) is 0 Å². The van der Waals surface area contributed by atoms with Crippen molar-refractivity contribution in [1.29, 1.82) is 0 Å². The third-order valence-electron chi connectivity index (χ3n) is 2.03. The molecule has 7 nitrogen and oxygen atoms in total. The molecule has 0 saturated carbocycles. The molecule has 0 aliphatic carbocycles. The van der Waals surface area contributed by atoms with Crippen LogP contribution in [0.3, 0.4) is 0 Å². The first-order chi connectivity index (χ1) is 8.01. The second-order valence-corrected chi connectivity index (χ2v) is 8.49. The number of amides is 1. The largest absolute Gasteiger partial charge is 1.00 e. The minimum absolute atomic E-state index is 0. The van der Waals surface area contributed by atoms with Gasteiger partial charge in [-0.2, -0.15) is 0 Å². The molecule has 0 atom stereocenters. The summed E-state index contributed by atoms with van der Waals surface area (Å²) in [5, 5.41) is 0. The summed E-state index contributed by atoms with van der Waals surface area (Å²) in [4.78, 5) is 12.6. The number of carbonyl (C=O) groups is 1. The Hall–Kier alpha value is 0.570. The maximum atomic E-state index is 11.3. The van der Waals surface area contributed by atoms with Gasteiger partial charge in [0.15, 0.2) is 7.37 Å². The van der Waals surface area contributed by atoms with Gasteiger partial charge in [0.25, 0.3) is 0 Å². The Morgan fingerprint density at radius 2 is 1.84 bits per heavy atom. The van der Waals surface area contributed by atoms with E-state index in [9.17, 15) is 22.3 Å². The van der Waals surface area contributed by atoms with Crippen LogP contribution >= 0.6 is 7.37 Å². The van der Waals surface area contributed by atoms with Crippen molar-refractivity contribution >= 4 is 23.4 Å². The van der Waals surface area contributed by atoms with Crippen molar-refractivity contribution in [2.24, 2.45) is 0 Å². The molecule has 0 aromatic carbocycles. The van der Waals surface area contributed by atoms with Crippen LogP contribution in [-0.2, 0) is 24.0 Å². The summed E-state index contributed by atoms with van der Waals surface area (Å²) in [5.74, 6) is -0.749. The first-order valence-electron chi connectivity index (χ1n) is 5.40. The van der Waals surface area contributed by atoms with Crippen molar-refractivity contribution in [3.8, 4) is 0 Å². The summed E-state index contributed by atoms with van der Waals surface area (Å²) in [7, 11) is -6.84. The Balaban J connectivity index is 0. The van der Waals surface area contributed by atoms with Gasteiger partial charge in [-0.3, -0.25) is 9.36 Å². The molecule has 108 valence electrons. The molecule has 0 bridgehead atoms. The van der Waals surface area contributed by atoms with E-state index in [-0.39, 0.29) is 61.6 Å². The summed E-state index contributed by atoms with van der Waals surface area (Å²) in [6.07, 6.45) is 0.0846. The maximum absolute atomic E-state index is 11.3. The molecule has 0 N–H and O–H groups in total. The van der Waals surface area contributed by atoms with E-state index in [4.69, 9.17) is 4.52 Å². The number of hydrogen-bond acceptors (Lipinski definition) is 6.